The summed E-state index contributed by atoms with van der Waals surface area (Å²) in [7, 11) is -1.85. The largest absolute Gasteiger partial charge is 0.414 e. The number of ether oxygens (including phenoxy) is 1. The van der Waals surface area contributed by atoms with Gasteiger partial charge in [-0.3, -0.25) is 0 Å². The molecule has 0 saturated carbocycles. The highest BCUT2D eigenvalue weighted by Gasteiger charge is 2.41. The first-order chi connectivity index (χ1) is 13.1. The van der Waals surface area contributed by atoms with E-state index in [0.29, 0.717) is 12.8 Å². The van der Waals surface area contributed by atoms with Crippen LogP contribution in [0, 0.1) is 0 Å². The van der Waals surface area contributed by atoms with Crippen molar-refractivity contribution in [2.24, 2.45) is 0 Å². The summed E-state index contributed by atoms with van der Waals surface area (Å²) in [6.07, 6.45) is 8.73. The maximum absolute atomic E-state index is 10.2. The fourth-order valence-electron chi connectivity index (χ4n) is 3.35. The van der Waals surface area contributed by atoms with Gasteiger partial charge in [0.05, 0.1) is 24.4 Å². The fourth-order valence-corrected chi connectivity index (χ4v) is 4.73. The van der Waals surface area contributed by atoms with E-state index in [2.05, 4.69) is 64.7 Å². The van der Waals surface area contributed by atoms with E-state index in [1.165, 1.54) is 5.56 Å². The van der Waals surface area contributed by atoms with Gasteiger partial charge in [-0.2, -0.15) is 0 Å². The van der Waals surface area contributed by atoms with Crippen molar-refractivity contribution in [3.8, 4) is 0 Å². The molecule has 4 heteroatoms. The molecular formula is C24H38O3Si. The van der Waals surface area contributed by atoms with Crippen LogP contribution in [-0.2, 0) is 9.16 Å². The molecule has 1 aliphatic heterocycles. The Morgan fingerprint density at radius 2 is 1.93 bits per heavy atom. The van der Waals surface area contributed by atoms with Crippen LogP contribution in [0.15, 0.2) is 49.1 Å². The highest BCUT2D eigenvalue weighted by atomic mass is 28.4. The second-order valence-corrected chi connectivity index (χ2v) is 14.2. The summed E-state index contributed by atoms with van der Waals surface area (Å²) < 4.78 is 13.0. The summed E-state index contributed by atoms with van der Waals surface area (Å²) in [6, 6.07) is 10.3. The third-order valence-electron chi connectivity index (χ3n) is 5.93. The van der Waals surface area contributed by atoms with Gasteiger partial charge in [0.25, 0.3) is 0 Å². The summed E-state index contributed by atoms with van der Waals surface area (Å²) >= 11 is 0. The lowest BCUT2D eigenvalue weighted by atomic mass is 9.96. The second-order valence-electron chi connectivity index (χ2n) is 9.45. The Morgan fingerprint density at radius 1 is 1.25 bits per heavy atom. The van der Waals surface area contributed by atoms with Crippen LogP contribution in [0.4, 0.5) is 0 Å². The molecule has 156 valence electrons. The molecule has 1 aromatic carbocycles. The monoisotopic (exact) mass is 402 g/mol. The molecule has 28 heavy (non-hydrogen) atoms. The number of hydrogen-bond acceptors (Lipinski definition) is 3. The standard InChI is InChI=1S/C24H38O3Si/c1-7-11-20(25)16-22-18-23(27-28(5,6)24(2,3)4)17-21(26-22)15-14-19-12-9-8-10-13-19/h7-10,12-15,20-23,25H,1,11,16-18H2,2-6H3/b15-14+/t20?,21?,22?,23-/m1/s1. The number of aliphatic hydroxyl groups is 1. The molecule has 1 fully saturated rings. The maximum atomic E-state index is 10.2. The van der Waals surface area contributed by atoms with Crippen LogP contribution in [-0.4, -0.2) is 37.8 Å². The molecule has 1 aliphatic rings. The lowest BCUT2D eigenvalue weighted by molar-refractivity contribution is -0.0862. The summed E-state index contributed by atoms with van der Waals surface area (Å²) in [5, 5.41) is 10.4. The summed E-state index contributed by atoms with van der Waals surface area (Å²) in [5.74, 6) is 0. The molecule has 1 N–H and O–H groups in total. The van der Waals surface area contributed by atoms with Crippen molar-refractivity contribution in [3.05, 3.63) is 54.6 Å². The average Bonchev–Trinajstić information content (AvgIpc) is 2.59. The lowest BCUT2D eigenvalue weighted by Gasteiger charge is -2.43. The normalized spacial score (nSPS) is 25.0. The van der Waals surface area contributed by atoms with Crippen LogP contribution >= 0.6 is 0 Å². The molecule has 0 aliphatic carbocycles. The van der Waals surface area contributed by atoms with Gasteiger partial charge in [-0.25, -0.2) is 0 Å². The molecule has 1 heterocycles. The average molecular weight is 403 g/mol. The van der Waals surface area contributed by atoms with Crippen molar-refractivity contribution < 1.29 is 14.3 Å². The van der Waals surface area contributed by atoms with E-state index in [4.69, 9.17) is 9.16 Å². The number of rotatable bonds is 8. The topological polar surface area (TPSA) is 38.7 Å². The van der Waals surface area contributed by atoms with Crippen LogP contribution in [0.2, 0.25) is 18.1 Å². The zero-order chi connectivity index (χ0) is 20.8. The van der Waals surface area contributed by atoms with E-state index >= 15 is 0 Å². The van der Waals surface area contributed by atoms with E-state index in [9.17, 15) is 5.11 Å². The maximum Gasteiger partial charge on any atom is 0.192 e. The van der Waals surface area contributed by atoms with Gasteiger partial charge in [0.2, 0.25) is 0 Å². The Hall–Kier alpha value is -1.20. The fraction of sp³-hybridized carbons (Fsp3) is 0.583. The van der Waals surface area contributed by atoms with Crippen molar-refractivity contribution in [1.82, 2.24) is 0 Å². The predicted octanol–water partition coefficient (Wildman–Crippen LogP) is 5.96. The molecule has 0 aromatic heterocycles. The third-order valence-corrected chi connectivity index (χ3v) is 10.5. The molecule has 1 aromatic rings. The van der Waals surface area contributed by atoms with Crippen LogP contribution in [0.1, 0.15) is 52.0 Å². The molecular weight excluding hydrogens is 364 g/mol. The van der Waals surface area contributed by atoms with Crippen LogP contribution in [0.5, 0.6) is 0 Å². The molecule has 0 radical (unpaired) electrons. The zero-order valence-corrected chi connectivity index (χ0v) is 19.2. The Bertz CT molecular complexity index is 633. The Balaban J connectivity index is 2.11. The van der Waals surface area contributed by atoms with Crippen LogP contribution in [0.3, 0.4) is 0 Å². The van der Waals surface area contributed by atoms with Gasteiger partial charge < -0.3 is 14.3 Å². The summed E-state index contributed by atoms with van der Waals surface area (Å²) in [4.78, 5) is 0. The first-order valence-electron chi connectivity index (χ1n) is 10.5. The van der Waals surface area contributed by atoms with E-state index in [1.807, 2.05) is 18.2 Å². The van der Waals surface area contributed by atoms with Crippen molar-refractivity contribution in [3.63, 3.8) is 0 Å². The molecule has 0 bridgehead atoms. The minimum Gasteiger partial charge on any atom is -0.414 e. The van der Waals surface area contributed by atoms with Gasteiger partial charge in [-0.15, -0.1) is 6.58 Å². The van der Waals surface area contributed by atoms with E-state index in [0.717, 1.165) is 12.8 Å². The van der Waals surface area contributed by atoms with Crippen LogP contribution < -0.4 is 0 Å². The third kappa shape index (κ3) is 7.00. The Morgan fingerprint density at radius 3 is 2.54 bits per heavy atom. The molecule has 0 spiro atoms. The molecule has 3 nitrogen and oxygen atoms in total. The lowest BCUT2D eigenvalue weighted by Crippen LogP contribution is -2.47. The highest BCUT2D eigenvalue weighted by molar-refractivity contribution is 6.74. The molecule has 2 rings (SSSR count). The summed E-state index contributed by atoms with van der Waals surface area (Å²) in [6.45, 7) is 15.2. The van der Waals surface area contributed by atoms with Crippen LogP contribution in [0.25, 0.3) is 6.08 Å². The second kappa shape index (κ2) is 10.0. The van der Waals surface area contributed by atoms with Crippen molar-refractivity contribution in [2.75, 3.05) is 0 Å². The highest BCUT2D eigenvalue weighted by Crippen LogP contribution is 2.39. The minimum atomic E-state index is -1.85. The predicted molar refractivity (Wildman–Crippen MR) is 121 cm³/mol. The van der Waals surface area contributed by atoms with Gasteiger partial charge in [-0.1, -0.05) is 69.3 Å². The number of benzene rings is 1. The van der Waals surface area contributed by atoms with Gasteiger partial charge in [-0.05, 0) is 43.0 Å². The zero-order valence-electron chi connectivity index (χ0n) is 18.2. The number of hydrogen-bond donors (Lipinski definition) is 1. The van der Waals surface area contributed by atoms with Gasteiger partial charge in [0.15, 0.2) is 8.32 Å². The summed E-state index contributed by atoms with van der Waals surface area (Å²) in [5.41, 5.74) is 1.17. The Labute approximate surface area is 172 Å². The molecule has 1 saturated heterocycles. The van der Waals surface area contributed by atoms with Gasteiger partial charge in [0, 0.05) is 6.42 Å². The van der Waals surface area contributed by atoms with Crippen molar-refractivity contribution in [1.29, 1.82) is 0 Å². The SMILES string of the molecule is C=CCC(O)CC1C[C@H](O[Si](C)(C)C(C)(C)C)CC(/C=C/c2ccccc2)O1. The number of aliphatic hydroxyl groups excluding tert-OH is 1. The smallest absolute Gasteiger partial charge is 0.192 e. The van der Waals surface area contributed by atoms with E-state index < -0.39 is 14.4 Å². The first kappa shape index (κ1) is 23.1. The minimum absolute atomic E-state index is 0.00360. The van der Waals surface area contributed by atoms with Crippen molar-refractivity contribution >= 4 is 14.4 Å². The molecule has 4 atom stereocenters. The first-order valence-corrected chi connectivity index (χ1v) is 13.4. The van der Waals surface area contributed by atoms with Crippen molar-refractivity contribution in [2.45, 2.75) is 89.0 Å². The molecule has 0 amide bonds. The van der Waals surface area contributed by atoms with E-state index in [-0.39, 0.29) is 23.4 Å². The Kier molecular flexibility index (Phi) is 8.26. The molecule has 3 unspecified atom stereocenters. The van der Waals surface area contributed by atoms with Gasteiger partial charge in [0.1, 0.15) is 0 Å². The quantitative estimate of drug-likeness (QED) is 0.430. The van der Waals surface area contributed by atoms with E-state index in [1.54, 1.807) is 6.08 Å². The van der Waals surface area contributed by atoms with Gasteiger partial charge >= 0.3 is 0 Å².